The van der Waals surface area contributed by atoms with Crippen LogP contribution in [0, 0.1) is 0 Å². The van der Waals surface area contributed by atoms with E-state index in [1.54, 1.807) is 18.0 Å². The van der Waals surface area contributed by atoms with Crippen molar-refractivity contribution in [1.82, 2.24) is 4.98 Å². The topological polar surface area (TPSA) is 42.4 Å². The van der Waals surface area contributed by atoms with Crippen molar-refractivity contribution in [3.05, 3.63) is 23.9 Å². The van der Waals surface area contributed by atoms with Gasteiger partial charge in [-0.2, -0.15) is 0 Å². The number of ether oxygens (including phenoxy) is 1. The van der Waals surface area contributed by atoms with Gasteiger partial charge in [0.15, 0.2) is 0 Å². The van der Waals surface area contributed by atoms with Crippen LogP contribution in [0.4, 0.5) is 0 Å². The first-order valence-electron chi connectivity index (χ1n) is 5.19. The molecular formula is C11H15NO2S. The maximum absolute atomic E-state index is 9.13. The van der Waals surface area contributed by atoms with E-state index in [2.05, 4.69) is 4.98 Å². The summed E-state index contributed by atoms with van der Waals surface area (Å²) in [6, 6.07) is 3.76. The molecule has 2 rings (SSSR count). The third-order valence-electron chi connectivity index (χ3n) is 2.45. The molecule has 0 aromatic carbocycles. The molecule has 0 radical (unpaired) electrons. The van der Waals surface area contributed by atoms with Crippen LogP contribution in [0.2, 0.25) is 0 Å². The van der Waals surface area contributed by atoms with Crippen molar-refractivity contribution in [3.63, 3.8) is 0 Å². The fourth-order valence-corrected chi connectivity index (χ4v) is 2.68. The number of rotatable bonds is 4. The molecule has 82 valence electrons. The number of thioether (sulfide) groups is 1. The molecule has 1 atom stereocenters. The Morgan fingerprint density at radius 3 is 3.27 bits per heavy atom. The molecule has 0 aliphatic carbocycles. The number of pyridine rings is 1. The molecule has 1 N–H and O–H groups in total. The predicted molar refractivity (Wildman–Crippen MR) is 59.9 cm³/mol. The molecule has 1 aliphatic heterocycles. The zero-order valence-corrected chi connectivity index (χ0v) is 9.37. The summed E-state index contributed by atoms with van der Waals surface area (Å²) < 4.78 is 5.54. The van der Waals surface area contributed by atoms with Crippen molar-refractivity contribution in [2.45, 2.75) is 30.6 Å². The first-order chi connectivity index (χ1) is 7.40. The SMILES string of the molecule is OCc1cccnc1SCC1CCCO1. The number of aliphatic hydroxyl groups is 1. The van der Waals surface area contributed by atoms with Crippen molar-refractivity contribution in [1.29, 1.82) is 0 Å². The summed E-state index contributed by atoms with van der Waals surface area (Å²) >= 11 is 1.67. The monoisotopic (exact) mass is 225 g/mol. The highest BCUT2D eigenvalue weighted by atomic mass is 32.2. The Morgan fingerprint density at radius 2 is 2.53 bits per heavy atom. The first-order valence-corrected chi connectivity index (χ1v) is 6.18. The predicted octanol–water partition coefficient (Wildman–Crippen LogP) is 1.84. The second kappa shape index (κ2) is 5.49. The van der Waals surface area contributed by atoms with Gasteiger partial charge in [-0.05, 0) is 18.9 Å². The second-order valence-corrected chi connectivity index (χ2v) is 4.58. The van der Waals surface area contributed by atoms with Gasteiger partial charge in [0.2, 0.25) is 0 Å². The van der Waals surface area contributed by atoms with Gasteiger partial charge in [-0.1, -0.05) is 6.07 Å². The van der Waals surface area contributed by atoms with Crippen molar-refractivity contribution in [2.75, 3.05) is 12.4 Å². The van der Waals surface area contributed by atoms with E-state index < -0.39 is 0 Å². The number of hydrogen-bond donors (Lipinski definition) is 1. The average molecular weight is 225 g/mol. The molecular weight excluding hydrogens is 210 g/mol. The molecule has 1 saturated heterocycles. The number of aliphatic hydroxyl groups excluding tert-OH is 1. The van der Waals surface area contributed by atoms with E-state index in [0.717, 1.165) is 29.4 Å². The number of aromatic nitrogens is 1. The van der Waals surface area contributed by atoms with E-state index in [1.807, 2.05) is 12.1 Å². The van der Waals surface area contributed by atoms with Gasteiger partial charge in [0.1, 0.15) is 5.03 Å². The lowest BCUT2D eigenvalue weighted by Gasteiger charge is -2.09. The highest BCUT2D eigenvalue weighted by Gasteiger charge is 2.16. The Morgan fingerprint density at radius 1 is 1.60 bits per heavy atom. The molecule has 0 amide bonds. The maximum atomic E-state index is 9.13. The quantitative estimate of drug-likeness (QED) is 0.794. The minimum absolute atomic E-state index is 0.0572. The summed E-state index contributed by atoms with van der Waals surface area (Å²) in [5.74, 6) is 0.935. The highest BCUT2D eigenvalue weighted by Crippen LogP contribution is 2.24. The lowest BCUT2D eigenvalue weighted by molar-refractivity contribution is 0.129. The van der Waals surface area contributed by atoms with E-state index in [0.29, 0.717) is 6.10 Å². The lowest BCUT2D eigenvalue weighted by atomic mass is 10.3. The molecule has 0 saturated carbocycles. The van der Waals surface area contributed by atoms with Gasteiger partial charge in [0.25, 0.3) is 0 Å². The lowest BCUT2D eigenvalue weighted by Crippen LogP contribution is -2.08. The summed E-state index contributed by atoms with van der Waals surface area (Å²) in [5.41, 5.74) is 0.903. The van der Waals surface area contributed by atoms with Crippen LogP contribution in [0.1, 0.15) is 18.4 Å². The Balaban J connectivity index is 1.91. The molecule has 15 heavy (non-hydrogen) atoms. The van der Waals surface area contributed by atoms with Crippen LogP contribution in [-0.2, 0) is 11.3 Å². The summed E-state index contributed by atoms with van der Waals surface area (Å²) in [4.78, 5) is 4.26. The number of hydrogen-bond acceptors (Lipinski definition) is 4. The Labute approximate surface area is 93.9 Å². The zero-order valence-electron chi connectivity index (χ0n) is 8.56. The van der Waals surface area contributed by atoms with Crippen LogP contribution >= 0.6 is 11.8 Å². The minimum atomic E-state index is 0.0572. The maximum Gasteiger partial charge on any atom is 0.102 e. The molecule has 0 bridgehead atoms. The summed E-state index contributed by atoms with van der Waals surface area (Å²) in [7, 11) is 0. The molecule has 1 fully saturated rings. The Bertz CT molecular complexity index is 313. The highest BCUT2D eigenvalue weighted by molar-refractivity contribution is 7.99. The van der Waals surface area contributed by atoms with Gasteiger partial charge in [-0.25, -0.2) is 4.98 Å². The molecule has 4 heteroatoms. The largest absolute Gasteiger partial charge is 0.392 e. The third kappa shape index (κ3) is 2.93. The minimum Gasteiger partial charge on any atom is -0.392 e. The van der Waals surface area contributed by atoms with Crippen LogP contribution in [0.5, 0.6) is 0 Å². The van der Waals surface area contributed by atoms with Crippen LogP contribution in [0.25, 0.3) is 0 Å². The van der Waals surface area contributed by atoms with Crippen LogP contribution in [0.15, 0.2) is 23.4 Å². The molecule has 3 nitrogen and oxygen atoms in total. The Hall–Kier alpha value is -0.580. The van der Waals surface area contributed by atoms with E-state index >= 15 is 0 Å². The number of nitrogens with zero attached hydrogens (tertiary/aromatic N) is 1. The smallest absolute Gasteiger partial charge is 0.102 e. The molecule has 1 aliphatic rings. The fraction of sp³-hybridized carbons (Fsp3) is 0.545. The van der Waals surface area contributed by atoms with Crippen LogP contribution in [-0.4, -0.2) is 28.6 Å². The van der Waals surface area contributed by atoms with E-state index in [1.165, 1.54) is 6.42 Å². The average Bonchev–Trinajstić information content (AvgIpc) is 2.79. The molecule has 0 spiro atoms. The summed E-state index contributed by atoms with van der Waals surface area (Å²) in [6.45, 7) is 0.946. The van der Waals surface area contributed by atoms with Crippen molar-refractivity contribution in [3.8, 4) is 0 Å². The van der Waals surface area contributed by atoms with Gasteiger partial charge in [-0.15, -0.1) is 11.8 Å². The standard InChI is InChI=1S/C11H15NO2S/c13-7-9-3-1-5-12-11(9)15-8-10-4-2-6-14-10/h1,3,5,10,13H,2,4,6-8H2. The molecule has 1 aromatic heterocycles. The second-order valence-electron chi connectivity index (χ2n) is 3.57. The zero-order chi connectivity index (χ0) is 10.5. The van der Waals surface area contributed by atoms with Crippen LogP contribution in [0.3, 0.4) is 0 Å². The third-order valence-corrected chi connectivity index (χ3v) is 3.63. The van der Waals surface area contributed by atoms with Gasteiger partial charge < -0.3 is 9.84 Å². The van der Waals surface area contributed by atoms with Crippen molar-refractivity contribution >= 4 is 11.8 Å². The fourth-order valence-electron chi connectivity index (χ4n) is 1.62. The Kier molecular flexibility index (Phi) is 4.00. The normalized spacial score (nSPS) is 20.7. The first kappa shape index (κ1) is 10.9. The van der Waals surface area contributed by atoms with Gasteiger partial charge >= 0.3 is 0 Å². The van der Waals surface area contributed by atoms with Gasteiger partial charge in [0.05, 0.1) is 12.7 Å². The van der Waals surface area contributed by atoms with Crippen molar-refractivity contribution in [2.24, 2.45) is 0 Å². The molecule has 2 heterocycles. The van der Waals surface area contributed by atoms with Gasteiger partial charge in [0, 0.05) is 24.1 Å². The van der Waals surface area contributed by atoms with Crippen molar-refractivity contribution < 1.29 is 9.84 Å². The van der Waals surface area contributed by atoms with E-state index in [-0.39, 0.29) is 6.61 Å². The van der Waals surface area contributed by atoms with E-state index in [4.69, 9.17) is 9.84 Å². The summed E-state index contributed by atoms with van der Waals surface area (Å²) in [6.07, 6.45) is 4.44. The molecule has 1 unspecified atom stereocenters. The van der Waals surface area contributed by atoms with E-state index in [9.17, 15) is 0 Å². The molecule has 1 aromatic rings. The van der Waals surface area contributed by atoms with Gasteiger partial charge in [-0.3, -0.25) is 0 Å². The summed E-state index contributed by atoms with van der Waals surface area (Å²) in [5, 5.41) is 10.1. The van der Waals surface area contributed by atoms with Crippen LogP contribution < -0.4 is 0 Å².